The minimum absolute atomic E-state index is 0.00262. The smallest absolute Gasteiger partial charge is 0.337 e. The molecule has 2 aromatic carbocycles. The summed E-state index contributed by atoms with van der Waals surface area (Å²) >= 11 is 12.5. The second-order valence-electron chi connectivity index (χ2n) is 6.64. The second-order valence-corrected chi connectivity index (χ2v) is 9.36. The number of piperidine rings is 1. The third kappa shape index (κ3) is 4.67. The highest BCUT2D eigenvalue weighted by molar-refractivity contribution is 7.89. The maximum absolute atomic E-state index is 13.1. The lowest BCUT2D eigenvalue weighted by atomic mass is 10.2. The van der Waals surface area contributed by atoms with Gasteiger partial charge in [0.25, 0.3) is 0 Å². The van der Waals surface area contributed by atoms with Gasteiger partial charge in [-0.25, -0.2) is 13.2 Å². The molecular weight excluding hydrogens is 453 g/mol. The Balaban J connectivity index is 1.97. The molecule has 0 aromatic heterocycles. The molecule has 0 bridgehead atoms. The summed E-state index contributed by atoms with van der Waals surface area (Å²) < 4.78 is 43.4. The van der Waals surface area contributed by atoms with Crippen molar-refractivity contribution >= 4 is 39.2 Å². The highest BCUT2D eigenvalue weighted by atomic mass is 35.5. The number of nitrogens with zero attached hydrogens (tertiary/aromatic N) is 1. The summed E-state index contributed by atoms with van der Waals surface area (Å²) in [5, 5.41) is 0.165. The predicted molar refractivity (Wildman–Crippen MR) is 113 cm³/mol. The molecule has 1 heterocycles. The fourth-order valence-corrected chi connectivity index (χ4v) is 5.43. The van der Waals surface area contributed by atoms with Crippen LogP contribution < -0.4 is 9.47 Å². The molecule has 30 heavy (non-hydrogen) atoms. The van der Waals surface area contributed by atoms with Gasteiger partial charge >= 0.3 is 5.97 Å². The molecule has 1 aliphatic rings. The Hall–Kier alpha value is -2.00. The second kappa shape index (κ2) is 9.43. The Morgan fingerprint density at radius 3 is 2.20 bits per heavy atom. The number of sulfonamides is 1. The van der Waals surface area contributed by atoms with Gasteiger partial charge in [0.1, 0.15) is 16.4 Å². The van der Waals surface area contributed by atoms with Gasteiger partial charge in [0.15, 0.2) is 5.75 Å². The molecule has 0 saturated carbocycles. The highest BCUT2D eigenvalue weighted by Crippen LogP contribution is 2.39. The number of halogens is 2. The monoisotopic (exact) mass is 473 g/mol. The number of carbonyl (C=O) groups is 1. The van der Waals surface area contributed by atoms with E-state index in [2.05, 4.69) is 4.74 Å². The summed E-state index contributed by atoms with van der Waals surface area (Å²) in [7, 11) is -1.11. The van der Waals surface area contributed by atoms with Crippen LogP contribution in [0, 0.1) is 0 Å². The predicted octanol–water partition coefficient (Wildman–Crippen LogP) is 4.76. The lowest BCUT2D eigenvalue weighted by Crippen LogP contribution is -2.35. The summed E-state index contributed by atoms with van der Waals surface area (Å²) in [5.74, 6) is -0.0747. The van der Waals surface area contributed by atoms with Crippen molar-refractivity contribution in [2.24, 2.45) is 0 Å². The first-order chi connectivity index (χ1) is 14.3. The van der Waals surface area contributed by atoms with Gasteiger partial charge in [-0.15, -0.1) is 0 Å². The Bertz CT molecular complexity index is 1030. The van der Waals surface area contributed by atoms with E-state index in [0.29, 0.717) is 13.1 Å². The van der Waals surface area contributed by atoms with Crippen molar-refractivity contribution in [2.45, 2.75) is 24.2 Å². The molecule has 0 amide bonds. The Kier molecular flexibility index (Phi) is 7.13. The Morgan fingerprint density at radius 2 is 1.63 bits per heavy atom. The molecule has 7 nitrogen and oxygen atoms in total. The summed E-state index contributed by atoms with van der Waals surface area (Å²) in [5.41, 5.74) is 0.169. The first kappa shape index (κ1) is 22.7. The van der Waals surface area contributed by atoms with E-state index in [-0.39, 0.29) is 37.8 Å². The van der Waals surface area contributed by atoms with Crippen molar-refractivity contribution in [3.05, 3.63) is 45.9 Å². The van der Waals surface area contributed by atoms with Crippen LogP contribution in [-0.2, 0) is 14.8 Å². The van der Waals surface area contributed by atoms with Crippen molar-refractivity contribution < 1.29 is 27.4 Å². The van der Waals surface area contributed by atoms with Crippen LogP contribution in [0.15, 0.2) is 35.2 Å². The molecule has 1 saturated heterocycles. The van der Waals surface area contributed by atoms with Crippen molar-refractivity contribution in [1.82, 2.24) is 4.31 Å². The topological polar surface area (TPSA) is 82.1 Å². The molecule has 1 aliphatic heterocycles. The number of hydrogen-bond donors (Lipinski definition) is 0. The maximum Gasteiger partial charge on any atom is 0.337 e. The largest absolute Gasteiger partial charge is 0.495 e. The fraction of sp³-hybridized carbons (Fsp3) is 0.350. The van der Waals surface area contributed by atoms with Gasteiger partial charge in [0.05, 0.1) is 29.8 Å². The highest BCUT2D eigenvalue weighted by Gasteiger charge is 2.29. The third-order valence-corrected chi connectivity index (χ3v) is 7.19. The van der Waals surface area contributed by atoms with E-state index in [9.17, 15) is 13.2 Å². The van der Waals surface area contributed by atoms with Gasteiger partial charge in [-0.1, -0.05) is 29.6 Å². The number of methoxy groups -OCH3 is 2. The Morgan fingerprint density at radius 1 is 1.00 bits per heavy atom. The summed E-state index contributed by atoms with van der Waals surface area (Å²) in [6, 6.07) is 7.17. The molecule has 0 atom stereocenters. The van der Waals surface area contributed by atoms with Crippen molar-refractivity contribution in [2.75, 3.05) is 27.3 Å². The van der Waals surface area contributed by atoms with E-state index in [1.54, 1.807) is 6.07 Å². The van der Waals surface area contributed by atoms with E-state index in [1.807, 2.05) is 0 Å². The molecule has 0 unspecified atom stereocenters. The molecule has 0 radical (unpaired) electrons. The van der Waals surface area contributed by atoms with Gasteiger partial charge < -0.3 is 14.2 Å². The van der Waals surface area contributed by atoms with Crippen LogP contribution in [0.25, 0.3) is 0 Å². The number of carbonyl (C=O) groups excluding carboxylic acids is 1. The third-order valence-electron chi connectivity index (χ3n) is 4.71. The number of hydrogen-bond acceptors (Lipinski definition) is 6. The summed E-state index contributed by atoms with van der Waals surface area (Å²) in [6.07, 6.45) is 2.63. The standard InChI is InChI=1S/C20H21Cl2NO6S/c1-27-17-7-6-14(12-18(17)30(25,26)23-8-4-3-5-9-23)29-19-15(21)10-13(11-16(19)22)20(24)28-2/h6-7,10-12H,3-5,8-9H2,1-2H3. The van der Waals surface area contributed by atoms with Crippen molar-refractivity contribution in [3.8, 4) is 17.2 Å². The lowest BCUT2D eigenvalue weighted by molar-refractivity contribution is 0.0600. The zero-order valence-electron chi connectivity index (χ0n) is 16.5. The van der Waals surface area contributed by atoms with E-state index in [0.717, 1.165) is 19.3 Å². The van der Waals surface area contributed by atoms with Crippen molar-refractivity contribution in [1.29, 1.82) is 0 Å². The minimum atomic E-state index is -3.76. The van der Waals surface area contributed by atoms with Gasteiger partial charge in [-0.2, -0.15) is 4.31 Å². The SMILES string of the molecule is COC(=O)c1cc(Cl)c(Oc2ccc(OC)c(S(=O)(=O)N3CCCCC3)c2)c(Cl)c1. The average Bonchev–Trinajstić information content (AvgIpc) is 2.76. The van der Waals surface area contributed by atoms with Crippen LogP contribution >= 0.6 is 23.2 Å². The maximum atomic E-state index is 13.1. The van der Waals surface area contributed by atoms with Gasteiger partial charge in [0.2, 0.25) is 10.0 Å². The summed E-state index contributed by atoms with van der Waals surface area (Å²) in [4.78, 5) is 11.7. The molecule has 3 rings (SSSR count). The molecule has 10 heteroatoms. The zero-order chi connectivity index (χ0) is 21.9. The van der Waals surface area contributed by atoms with Crippen LogP contribution in [0.5, 0.6) is 17.2 Å². The molecule has 162 valence electrons. The first-order valence-corrected chi connectivity index (χ1v) is 11.4. The van der Waals surface area contributed by atoms with Gasteiger partial charge in [-0.05, 0) is 37.1 Å². The van der Waals surface area contributed by atoms with Crippen LogP contribution in [0.2, 0.25) is 10.0 Å². The van der Waals surface area contributed by atoms with Crippen LogP contribution in [-0.4, -0.2) is 46.0 Å². The normalized spacial score (nSPS) is 14.9. The average molecular weight is 474 g/mol. The van der Waals surface area contributed by atoms with Gasteiger partial charge in [-0.3, -0.25) is 0 Å². The van der Waals surface area contributed by atoms with E-state index in [1.165, 1.54) is 42.8 Å². The van der Waals surface area contributed by atoms with Gasteiger partial charge in [0, 0.05) is 19.2 Å². The number of esters is 1. The zero-order valence-corrected chi connectivity index (χ0v) is 18.8. The van der Waals surface area contributed by atoms with Crippen molar-refractivity contribution in [3.63, 3.8) is 0 Å². The fourth-order valence-electron chi connectivity index (χ4n) is 3.18. The molecule has 0 aliphatic carbocycles. The number of benzene rings is 2. The molecule has 1 fully saturated rings. The van der Waals surface area contributed by atoms with Crippen LogP contribution in [0.1, 0.15) is 29.6 Å². The molecule has 2 aromatic rings. The number of ether oxygens (including phenoxy) is 3. The number of rotatable bonds is 6. The van der Waals surface area contributed by atoms with E-state index >= 15 is 0 Å². The molecule has 0 N–H and O–H groups in total. The quantitative estimate of drug-likeness (QED) is 0.562. The van der Waals surface area contributed by atoms with E-state index in [4.69, 9.17) is 32.7 Å². The molecular formula is C20H21Cl2NO6S. The minimum Gasteiger partial charge on any atom is -0.495 e. The lowest BCUT2D eigenvalue weighted by Gasteiger charge is -2.26. The van der Waals surface area contributed by atoms with E-state index < -0.39 is 16.0 Å². The van der Waals surface area contributed by atoms with Crippen LogP contribution in [0.4, 0.5) is 0 Å². The summed E-state index contributed by atoms with van der Waals surface area (Å²) in [6.45, 7) is 0.923. The Labute approximate surface area is 185 Å². The van der Waals surface area contributed by atoms with Crippen LogP contribution in [0.3, 0.4) is 0 Å². The first-order valence-electron chi connectivity index (χ1n) is 9.21. The molecule has 0 spiro atoms.